The minimum atomic E-state index is 0. The van der Waals surface area contributed by atoms with Gasteiger partial charge >= 0.3 is 0 Å². The molecular weight excluding hydrogens is 254 g/mol. The maximum absolute atomic E-state index is 10.2. The maximum Gasteiger partial charge on any atom is 0 e. The molecular formula is C9H13Cl2CoO-. The molecule has 0 unspecified atom stereocenters. The molecule has 0 heterocycles. The molecule has 0 fully saturated rings. The second kappa shape index (κ2) is 12.2. The van der Waals surface area contributed by atoms with Crippen molar-refractivity contribution < 1.29 is 21.6 Å². The number of rotatable bonds is 1. The molecule has 1 radical (unpaired) electrons. The van der Waals surface area contributed by atoms with Gasteiger partial charge in [0.15, 0.2) is 0 Å². The van der Waals surface area contributed by atoms with Gasteiger partial charge in [0.05, 0.1) is 0 Å². The van der Waals surface area contributed by atoms with Gasteiger partial charge in [-0.3, -0.25) is 0 Å². The van der Waals surface area contributed by atoms with Crippen LogP contribution in [-0.2, 0) is 21.6 Å². The van der Waals surface area contributed by atoms with E-state index < -0.39 is 0 Å². The Morgan fingerprint density at radius 3 is 2.31 bits per heavy atom. The summed E-state index contributed by atoms with van der Waals surface area (Å²) in [6.07, 6.45) is 12.1. The quantitative estimate of drug-likeness (QED) is 0.527. The van der Waals surface area contributed by atoms with Crippen LogP contribution in [0.15, 0.2) is 23.8 Å². The second-order valence-electron chi connectivity index (χ2n) is 2.42. The number of carbonyl (C=O) groups excluding carboxylic acids is 1. The predicted octanol–water partition coefficient (Wildman–Crippen LogP) is 2.99. The van der Waals surface area contributed by atoms with Gasteiger partial charge in [0.1, 0.15) is 0 Å². The monoisotopic (exact) mass is 266 g/mol. The van der Waals surface area contributed by atoms with E-state index in [1.54, 1.807) is 0 Å². The van der Waals surface area contributed by atoms with E-state index >= 15 is 0 Å². The van der Waals surface area contributed by atoms with Gasteiger partial charge in [-0.1, -0.05) is 25.0 Å². The van der Waals surface area contributed by atoms with Crippen molar-refractivity contribution in [2.45, 2.75) is 25.7 Å². The Morgan fingerprint density at radius 1 is 1.08 bits per heavy atom. The fraction of sp³-hybridized carbons (Fsp3) is 0.444. The number of hydrogen-bond acceptors (Lipinski definition) is 1. The molecule has 79 valence electrons. The molecule has 0 amide bonds. The Hall–Kier alpha value is 0.236. The molecule has 0 spiro atoms. The Balaban J connectivity index is -0.000000333. The van der Waals surface area contributed by atoms with E-state index in [-0.39, 0.29) is 41.6 Å². The van der Waals surface area contributed by atoms with Crippen LogP contribution in [0.5, 0.6) is 0 Å². The first kappa shape index (κ1) is 18.9. The van der Waals surface area contributed by atoms with Crippen molar-refractivity contribution in [1.82, 2.24) is 0 Å². The molecule has 0 aliphatic heterocycles. The summed E-state index contributed by atoms with van der Waals surface area (Å²) in [5, 5.41) is 0. The fourth-order valence-electron chi connectivity index (χ4n) is 1.02. The molecule has 0 aromatic heterocycles. The summed E-state index contributed by atoms with van der Waals surface area (Å²) < 4.78 is 0. The summed E-state index contributed by atoms with van der Waals surface area (Å²) in [7, 11) is 0. The SMILES string of the molecule is Cl.Cl.O=[C-]C1=CCCC=CCC1.[Co]. The molecule has 0 bridgehead atoms. The molecule has 0 N–H and O–H groups in total. The van der Waals surface area contributed by atoms with E-state index in [1.807, 2.05) is 12.4 Å². The second-order valence-corrected chi connectivity index (χ2v) is 2.42. The van der Waals surface area contributed by atoms with Crippen LogP contribution in [0.2, 0.25) is 0 Å². The Bertz CT molecular complexity index is 178. The molecule has 0 saturated carbocycles. The summed E-state index contributed by atoms with van der Waals surface area (Å²) in [6, 6.07) is 0. The van der Waals surface area contributed by atoms with E-state index in [4.69, 9.17) is 0 Å². The van der Waals surface area contributed by atoms with E-state index in [9.17, 15) is 4.79 Å². The van der Waals surface area contributed by atoms with Crippen molar-refractivity contribution in [1.29, 1.82) is 0 Å². The summed E-state index contributed by atoms with van der Waals surface area (Å²) in [5.74, 6) is 0. The molecule has 4 heteroatoms. The molecule has 0 saturated heterocycles. The maximum atomic E-state index is 10.2. The van der Waals surface area contributed by atoms with Crippen LogP contribution in [0, 0.1) is 0 Å². The topological polar surface area (TPSA) is 17.1 Å². The van der Waals surface area contributed by atoms with E-state index in [0.29, 0.717) is 0 Å². The van der Waals surface area contributed by atoms with Gasteiger partial charge in [0.25, 0.3) is 0 Å². The van der Waals surface area contributed by atoms with Gasteiger partial charge in [-0.25, -0.2) is 6.08 Å². The van der Waals surface area contributed by atoms with E-state index in [0.717, 1.165) is 31.3 Å². The average molecular weight is 267 g/mol. The first-order chi connectivity index (χ1) is 4.93. The minimum Gasteiger partial charge on any atom is -0.419 e. The summed E-state index contributed by atoms with van der Waals surface area (Å²) in [5.41, 5.74) is 0.837. The van der Waals surface area contributed by atoms with Crippen molar-refractivity contribution >= 4 is 31.1 Å². The van der Waals surface area contributed by atoms with Crippen LogP contribution in [-0.4, -0.2) is 6.29 Å². The van der Waals surface area contributed by atoms with Crippen LogP contribution in [0.25, 0.3) is 0 Å². The molecule has 1 rings (SSSR count). The summed E-state index contributed by atoms with van der Waals surface area (Å²) >= 11 is 0. The summed E-state index contributed by atoms with van der Waals surface area (Å²) in [4.78, 5) is 10.2. The number of halogens is 2. The molecule has 1 aliphatic rings. The van der Waals surface area contributed by atoms with Crippen molar-refractivity contribution in [3.05, 3.63) is 23.8 Å². The molecule has 1 nitrogen and oxygen atoms in total. The third-order valence-corrected chi connectivity index (χ3v) is 1.60. The molecule has 0 atom stereocenters. The standard InChI is InChI=1S/C9H11O.2ClH.Co/c10-8-9-6-4-2-1-3-5-7-9;;;/h1-2,7H,3-6H2;2*1H;/q-1;;;. The van der Waals surface area contributed by atoms with E-state index in [1.165, 1.54) is 0 Å². The first-order valence-electron chi connectivity index (χ1n) is 3.65. The Kier molecular flexibility index (Phi) is 17.8. The third kappa shape index (κ3) is 8.56. The summed E-state index contributed by atoms with van der Waals surface area (Å²) in [6.45, 7) is 0. The largest absolute Gasteiger partial charge is 0.419 e. The van der Waals surface area contributed by atoms with Crippen molar-refractivity contribution in [3.8, 4) is 0 Å². The molecule has 1 aliphatic carbocycles. The van der Waals surface area contributed by atoms with Gasteiger partial charge in [-0.2, -0.15) is 5.57 Å². The van der Waals surface area contributed by atoms with Gasteiger partial charge in [0, 0.05) is 16.8 Å². The van der Waals surface area contributed by atoms with Gasteiger partial charge in [-0.05, 0) is 19.1 Å². The van der Waals surface area contributed by atoms with Gasteiger partial charge < -0.3 is 4.79 Å². The van der Waals surface area contributed by atoms with E-state index in [2.05, 4.69) is 12.2 Å². The van der Waals surface area contributed by atoms with Crippen molar-refractivity contribution in [3.63, 3.8) is 0 Å². The van der Waals surface area contributed by atoms with Crippen LogP contribution >= 0.6 is 24.8 Å². The van der Waals surface area contributed by atoms with Gasteiger partial charge in [-0.15, -0.1) is 24.8 Å². The Labute approximate surface area is 102 Å². The third-order valence-electron chi connectivity index (χ3n) is 1.60. The fourth-order valence-corrected chi connectivity index (χ4v) is 1.02. The smallest absolute Gasteiger partial charge is 0 e. The normalized spacial score (nSPS) is 14.6. The molecule has 0 aromatic carbocycles. The van der Waals surface area contributed by atoms with Crippen molar-refractivity contribution in [2.24, 2.45) is 0 Å². The number of hydrogen-bond donors (Lipinski definition) is 0. The van der Waals surface area contributed by atoms with Gasteiger partial charge in [0.2, 0.25) is 0 Å². The first-order valence-corrected chi connectivity index (χ1v) is 3.65. The molecule has 13 heavy (non-hydrogen) atoms. The van der Waals surface area contributed by atoms with Crippen molar-refractivity contribution in [2.75, 3.05) is 0 Å². The van der Waals surface area contributed by atoms with Crippen LogP contribution in [0.1, 0.15) is 25.7 Å². The molecule has 0 aromatic rings. The van der Waals surface area contributed by atoms with Crippen LogP contribution in [0.3, 0.4) is 0 Å². The zero-order chi connectivity index (χ0) is 7.23. The Morgan fingerprint density at radius 2 is 1.69 bits per heavy atom. The van der Waals surface area contributed by atoms with Crippen LogP contribution in [0.4, 0.5) is 0 Å². The number of allylic oxidation sites excluding steroid dienone is 4. The zero-order valence-electron chi connectivity index (χ0n) is 7.12. The minimum absolute atomic E-state index is 0. The van der Waals surface area contributed by atoms with Crippen LogP contribution < -0.4 is 0 Å². The predicted molar refractivity (Wildman–Crippen MR) is 55.9 cm³/mol. The average Bonchev–Trinajstić information content (AvgIpc) is 1.87. The zero-order valence-corrected chi connectivity index (χ0v) is 9.79.